The van der Waals surface area contributed by atoms with Crippen LogP contribution < -0.4 is 0 Å². The van der Waals surface area contributed by atoms with E-state index in [0.29, 0.717) is 5.56 Å². The molecule has 0 heterocycles. The van der Waals surface area contributed by atoms with Crippen molar-refractivity contribution in [2.45, 2.75) is 6.92 Å². The number of aryl methyl sites for hydroxylation is 1. The molecule has 100 valence electrons. The molecule has 0 fully saturated rings. The van der Waals surface area contributed by atoms with E-state index in [-0.39, 0.29) is 0 Å². The van der Waals surface area contributed by atoms with Gasteiger partial charge in [0.05, 0.1) is 5.56 Å². The molecule has 0 N–H and O–H groups in total. The van der Waals surface area contributed by atoms with Crippen LogP contribution in [0, 0.1) is 41.8 Å². The van der Waals surface area contributed by atoms with Crippen LogP contribution in [0.15, 0.2) is 18.2 Å². The van der Waals surface area contributed by atoms with E-state index in [1.807, 2.05) is 0 Å². The Balaban J connectivity index is 2.87. The van der Waals surface area contributed by atoms with Gasteiger partial charge in [-0.1, -0.05) is 11.6 Å². The third-order valence-electron chi connectivity index (χ3n) is 2.60. The predicted octanol–water partition coefficient (Wildman–Crippen LogP) is 4.50. The van der Waals surface area contributed by atoms with Crippen LogP contribution >= 0.6 is 0 Å². The normalized spacial score (nSPS) is 10.9. The third kappa shape index (κ3) is 2.07. The molecule has 0 nitrogen and oxygen atoms in total. The van der Waals surface area contributed by atoms with Crippen LogP contribution in [-0.4, -0.2) is 0 Å². The van der Waals surface area contributed by atoms with Gasteiger partial charge in [-0.25, -0.2) is 26.3 Å². The molecule has 2 aromatic rings. The Labute approximate surface area is 104 Å². The first kappa shape index (κ1) is 13.5. The fraction of sp³-hybridized carbons (Fsp3) is 0.0769. The number of hydrogen-bond donors (Lipinski definition) is 0. The maximum Gasteiger partial charge on any atom is 0.200 e. The highest BCUT2D eigenvalue weighted by atomic mass is 19.2. The summed E-state index contributed by atoms with van der Waals surface area (Å²) >= 11 is 0. The Kier molecular flexibility index (Phi) is 3.26. The molecule has 0 aliphatic rings. The van der Waals surface area contributed by atoms with Crippen molar-refractivity contribution < 1.29 is 26.3 Å². The molecule has 0 aromatic heterocycles. The average Bonchev–Trinajstić information content (AvgIpc) is 2.38. The average molecular weight is 276 g/mol. The molecule has 0 radical (unpaired) electrons. The van der Waals surface area contributed by atoms with Gasteiger partial charge in [0.1, 0.15) is 5.82 Å². The molecule has 0 amide bonds. The predicted molar refractivity (Wildman–Crippen MR) is 56.4 cm³/mol. The van der Waals surface area contributed by atoms with Crippen LogP contribution in [0.1, 0.15) is 5.56 Å². The molecule has 0 spiro atoms. The van der Waals surface area contributed by atoms with E-state index in [2.05, 4.69) is 0 Å². The summed E-state index contributed by atoms with van der Waals surface area (Å²) in [5.74, 6) is -11.7. The van der Waals surface area contributed by atoms with Gasteiger partial charge in [0.25, 0.3) is 0 Å². The zero-order chi connectivity index (χ0) is 14.3. The molecule has 0 aliphatic carbocycles. The first-order chi connectivity index (χ1) is 8.84. The summed E-state index contributed by atoms with van der Waals surface area (Å²) in [4.78, 5) is 0. The molecule has 0 saturated heterocycles. The fourth-order valence-corrected chi connectivity index (χ4v) is 1.67. The van der Waals surface area contributed by atoms with Gasteiger partial charge in [-0.15, -0.1) is 0 Å². The molecular formula is C13H6F6. The van der Waals surface area contributed by atoms with Crippen LogP contribution in [0.4, 0.5) is 26.3 Å². The van der Waals surface area contributed by atoms with Crippen molar-refractivity contribution in [3.05, 3.63) is 58.7 Å². The monoisotopic (exact) mass is 276 g/mol. The maximum absolute atomic E-state index is 13.5. The van der Waals surface area contributed by atoms with Crippen LogP contribution in [-0.2, 0) is 0 Å². The van der Waals surface area contributed by atoms with E-state index in [1.165, 1.54) is 13.0 Å². The number of hydrogen-bond acceptors (Lipinski definition) is 0. The van der Waals surface area contributed by atoms with Crippen LogP contribution in [0.5, 0.6) is 0 Å². The van der Waals surface area contributed by atoms with E-state index < -0.39 is 46.0 Å². The molecule has 2 rings (SSSR count). The molecule has 2 aromatic carbocycles. The quantitative estimate of drug-likeness (QED) is 0.409. The van der Waals surface area contributed by atoms with E-state index in [0.717, 1.165) is 12.1 Å². The van der Waals surface area contributed by atoms with Gasteiger partial charge in [-0.05, 0) is 19.1 Å². The van der Waals surface area contributed by atoms with Gasteiger partial charge >= 0.3 is 0 Å². The number of rotatable bonds is 1. The summed E-state index contributed by atoms with van der Waals surface area (Å²) in [7, 11) is 0. The van der Waals surface area contributed by atoms with Crippen LogP contribution in [0.25, 0.3) is 11.1 Å². The molecule has 0 saturated carbocycles. The van der Waals surface area contributed by atoms with Gasteiger partial charge in [0, 0.05) is 5.56 Å². The van der Waals surface area contributed by atoms with Crippen molar-refractivity contribution in [2.75, 3.05) is 0 Å². The smallest absolute Gasteiger partial charge is 0.200 e. The lowest BCUT2D eigenvalue weighted by Gasteiger charge is -2.10. The first-order valence-electron chi connectivity index (χ1n) is 5.12. The second-order valence-electron chi connectivity index (χ2n) is 3.93. The molecule has 6 heteroatoms. The highest BCUT2D eigenvalue weighted by molar-refractivity contribution is 5.66. The summed E-state index contributed by atoms with van der Waals surface area (Å²) < 4.78 is 79.5. The van der Waals surface area contributed by atoms with Gasteiger partial charge in [-0.2, -0.15) is 0 Å². The third-order valence-corrected chi connectivity index (χ3v) is 2.60. The van der Waals surface area contributed by atoms with Crippen molar-refractivity contribution >= 4 is 0 Å². The molecule has 0 bridgehead atoms. The van der Waals surface area contributed by atoms with Gasteiger partial charge in [0.15, 0.2) is 23.3 Å². The number of halogens is 6. The summed E-state index contributed by atoms with van der Waals surface area (Å²) in [5, 5.41) is 0. The second-order valence-corrected chi connectivity index (χ2v) is 3.93. The van der Waals surface area contributed by atoms with Crippen LogP contribution in [0.2, 0.25) is 0 Å². The maximum atomic E-state index is 13.5. The minimum absolute atomic E-state index is 0.417. The molecular weight excluding hydrogens is 270 g/mol. The lowest BCUT2D eigenvalue weighted by Crippen LogP contribution is -2.05. The Hall–Kier alpha value is -1.98. The molecule has 19 heavy (non-hydrogen) atoms. The Morgan fingerprint density at radius 3 is 1.68 bits per heavy atom. The highest BCUT2D eigenvalue weighted by Gasteiger charge is 2.27. The SMILES string of the molecule is Cc1ccc(F)c(-c2c(F)c(F)c(F)c(F)c2F)c1. The second kappa shape index (κ2) is 4.60. The van der Waals surface area contributed by atoms with Crippen molar-refractivity contribution in [1.29, 1.82) is 0 Å². The Morgan fingerprint density at radius 1 is 0.684 bits per heavy atom. The zero-order valence-corrected chi connectivity index (χ0v) is 9.50. The van der Waals surface area contributed by atoms with E-state index in [1.54, 1.807) is 0 Å². The van der Waals surface area contributed by atoms with Crippen molar-refractivity contribution in [3.63, 3.8) is 0 Å². The van der Waals surface area contributed by atoms with Gasteiger partial charge < -0.3 is 0 Å². The first-order valence-corrected chi connectivity index (χ1v) is 5.12. The largest absolute Gasteiger partial charge is 0.206 e. The highest BCUT2D eigenvalue weighted by Crippen LogP contribution is 2.33. The fourth-order valence-electron chi connectivity index (χ4n) is 1.67. The molecule has 0 atom stereocenters. The lowest BCUT2D eigenvalue weighted by atomic mass is 10.0. The summed E-state index contributed by atoms with van der Waals surface area (Å²) in [6, 6.07) is 3.21. The van der Waals surface area contributed by atoms with E-state index in [4.69, 9.17) is 0 Å². The Bertz CT molecular complexity index is 634. The standard InChI is InChI=1S/C13H6F6/c1-5-2-3-7(14)6(4-5)8-9(15)11(17)13(19)12(18)10(8)16/h2-4H,1H3. The Morgan fingerprint density at radius 2 is 1.16 bits per heavy atom. The lowest BCUT2D eigenvalue weighted by molar-refractivity contribution is 0.381. The van der Waals surface area contributed by atoms with Gasteiger partial charge in [0.2, 0.25) is 5.82 Å². The number of benzene rings is 2. The zero-order valence-electron chi connectivity index (χ0n) is 9.50. The minimum atomic E-state index is -2.27. The van der Waals surface area contributed by atoms with E-state index in [9.17, 15) is 26.3 Å². The van der Waals surface area contributed by atoms with Crippen molar-refractivity contribution in [3.8, 4) is 11.1 Å². The minimum Gasteiger partial charge on any atom is -0.206 e. The van der Waals surface area contributed by atoms with E-state index >= 15 is 0 Å². The molecule has 0 aliphatic heterocycles. The van der Waals surface area contributed by atoms with Crippen LogP contribution in [0.3, 0.4) is 0 Å². The van der Waals surface area contributed by atoms with Crippen molar-refractivity contribution in [1.82, 2.24) is 0 Å². The van der Waals surface area contributed by atoms with Gasteiger partial charge in [-0.3, -0.25) is 0 Å². The summed E-state index contributed by atoms with van der Waals surface area (Å²) in [6.07, 6.45) is 0. The van der Waals surface area contributed by atoms with Crippen molar-refractivity contribution in [2.24, 2.45) is 0 Å². The molecule has 0 unspecified atom stereocenters. The summed E-state index contributed by atoms with van der Waals surface area (Å²) in [6.45, 7) is 1.50. The summed E-state index contributed by atoms with van der Waals surface area (Å²) in [5.41, 5.74) is -1.52. The topological polar surface area (TPSA) is 0 Å².